The maximum atomic E-state index is 6.25. The van der Waals surface area contributed by atoms with Crippen LogP contribution in [-0.4, -0.2) is 17.0 Å². The van der Waals surface area contributed by atoms with Gasteiger partial charge in [0.15, 0.2) is 5.82 Å². The molecule has 2 aromatic carbocycles. The molecule has 0 aliphatic carbocycles. The molecule has 21 heavy (non-hydrogen) atoms. The average Bonchev–Trinajstić information content (AvgIpc) is 2.47. The van der Waals surface area contributed by atoms with Crippen molar-refractivity contribution < 1.29 is 0 Å². The highest BCUT2D eigenvalue weighted by Crippen LogP contribution is 2.34. The molecular formula is C15H10Br2ClN3. The number of hydrogen-bond acceptors (Lipinski definition) is 3. The second-order valence-electron chi connectivity index (χ2n) is 4.41. The maximum absolute atomic E-state index is 6.25. The van der Waals surface area contributed by atoms with Gasteiger partial charge in [-0.05, 0) is 40.2 Å². The van der Waals surface area contributed by atoms with E-state index in [0.29, 0.717) is 10.8 Å². The van der Waals surface area contributed by atoms with Crippen molar-refractivity contribution in [2.75, 3.05) is 12.4 Å². The first-order chi connectivity index (χ1) is 10.1. The van der Waals surface area contributed by atoms with Crippen LogP contribution >= 0.6 is 43.5 Å². The van der Waals surface area contributed by atoms with Gasteiger partial charge in [0.1, 0.15) is 5.82 Å². The predicted octanol–water partition coefficient (Wildman–Crippen LogP) is 5.52. The van der Waals surface area contributed by atoms with E-state index >= 15 is 0 Å². The lowest BCUT2D eigenvalue weighted by molar-refractivity contribution is 1.21. The smallest absolute Gasteiger partial charge is 0.163 e. The number of nitrogens with zero attached hydrogens (tertiary/aromatic N) is 2. The number of hydrogen-bond donors (Lipinski definition) is 1. The van der Waals surface area contributed by atoms with E-state index in [9.17, 15) is 0 Å². The fourth-order valence-electron chi connectivity index (χ4n) is 2.11. The molecule has 0 radical (unpaired) electrons. The lowest BCUT2D eigenvalue weighted by Crippen LogP contribution is -1.99. The fraction of sp³-hybridized carbons (Fsp3) is 0.0667. The standard InChI is InChI=1S/C15H10Br2ClN3/c1-19-14-10-6-8(16)7-11(17)13(10)20-15(21-14)9-4-2-3-5-12(9)18/h2-7H,1H3,(H,19,20,21). The Bertz CT molecular complexity index is 837. The summed E-state index contributed by atoms with van der Waals surface area (Å²) in [5.41, 5.74) is 1.65. The van der Waals surface area contributed by atoms with E-state index in [0.717, 1.165) is 31.2 Å². The van der Waals surface area contributed by atoms with Gasteiger partial charge in [0.05, 0.1) is 10.5 Å². The second kappa shape index (κ2) is 5.91. The van der Waals surface area contributed by atoms with Gasteiger partial charge in [-0.1, -0.05) is 39.7 Å². The highest BCUT2D eigenvalue weighted by Gasteiger charge is 2.13. The van der Waals surface area contributed by atoms with E-state index in [-0.39, 0.29) is 0 Å². The molecule has 0 saturated heterocycles. The van der Waals surface area contributed by atoms with Crippen molar-refractivity contribution in [3.8, 4) is 11.4 Å². The maximum Gasteiger partial charge on any atom is 0.163 e. The molecule has 106 valence electrons. The fourth-order valence-corrected chi connectivity index (χ4v) is 3.64. The van der Waals surface area contributed by atoms with Crippen LogP contribution in [0.3, 0.4) is 0 Å². The molecule has 1 heterocycles. The minimum absolute atomic E-state index is 0.598. The minimum Gasteiger partial charge on any atom is -0.373 e. The summed E-state index contributed by atoms with van der Waals surface area (Å²) >= 11 is 13.3. The minimum atomic E-state index is 0.598. The number of nitrogens with one attached hydrogen (secondary N) is 1. The molecule has 1 aromatic heterocycles. The third-order valence-corrected chi connectivity index (χ3v) is 4.46. The SMILES string of the molecule is CNc1nc(-c2ccccc2Cl)nc2c(Br)cc(Br)cc12. The van der Waals surface area contributed by atoms with Gasteiger partial charge in [0.25, 0.3) is 0 Å². The van der Waals surface area contributed by atoms with E-state index in [2.05, 4.69) is 47.1 Å². The van der Waals surface area contributed by atoms with Crippen molar-refractivity contribution in [2.45, 2.75) is 0 Å². The predicted molar refractivity (Wildman–Crippen MR) is 94.9 cm³/mol. The van der Waals surface area contributed by atoms with E-state index in [4.69, 9.17) is 11.6 Å². The average molecular weight is 428 g/mol. The van der Waals surface area contributed by atoms with Crippen molar-refractivity contribution in [3.05, 3.63) is 50.4 Å². The van der Waals surface area contributed by atoms with Crippen LogP contribution in [0.25, 0.3) is 22.3 Å². The molecule has 1 N–H and O–H groups in total. The lowest BCUT2D eigenvalue weighted by atomic mass is 10.2. The molecule has 0 amide bonds. The molecule has 0 unspecified atom stereocenters. The van der Waals surface area contributed by atoms with Gasteiger partial charge in [-0.15, -0.1) is 0 Å². The van der Waals surface area contributed by atoms with Crippen LogP contribution in [-0.2, 0) is 0 Å². The molecule has 0 atom stereocenters. The summed E-state index contributed by atoms with van der Waals surface area (Å²) < 4.78 is 1.87. The number of anilines is 1. The molecular weight excluding hydrogens is 417 g/mol. The molecule has 0 fully saturated rings. The molecule has 0 bridgehead atoms. The van der Waals surface area contributed by atoms with Crippen molar-refractivity contribution >= 4 is 60.2 Å². The molecule has 0 aliphatic rings. The Morgan fingerprint density at radius 1 is 1.10 bits per heavy atom. The van der Waals surface area contributed by atoms with Crippen LogP contribution in [0, 0.1) is 0 Å². The van der Waals surface area contributed by atoms with Crippen molar-refractivity contribution in [2.24, 2.45) is 0 Å². The molecule has 3 aromatic rings. The zero-order chi connectivity index (χ0) is 15.0. The molecule has 3 nitrogen and oxygen atoms in total. The molecule has 3 rings (SSSR count). The molecule has 0 aliphatic heterocycles. The Kier molecular flexibility index (Phi) is 4.15. The van der Waals surface area contributed by atoms with Crippen LogP contribution in [0.2, 0.25) is 5.02 Å². The summed E-state index contributed by atoms with van der Waals surface area (Å²) in [4.78, 5) is 9.24. The van der Waals surface area contributed by atoms with Gasteiger partial charge in [-0.3, -0.25) is 0 Å². The van der Waals surface area contributed by atoms with Crippen LogP contribution in [0.4, 0.5) is 5.82 Å². The Labute approximate surface area is 144 Å². The Balaban J connectivity index is 2.34. The van der Waals surface area contributed by atoms with Crippen LogP contribution < -0.4 is 5.32 Å². The van der Waals surface area contributed by atoms with E-state index in [1.54, 1.807) is 0 Å². The zero-order valence-electron chi connectivity index (χ0n) is 11.0. The highest BCUT2D eigenvalue weighted by molar-refractivity contribution is 9.11. The van der Waals surface area contributed by atoms with E-state index < -0.39 is 0 Å². The Hall–Kier alpha value is -1.17. The first-order valence-electron chi connectivity index (χ1n) is 6.19. The number of fused-ring (bicyclic) bond motifs is 1. The number of benzene rings is 2. The largest absolute Gasteiger partial charge is 0.373 e. The summed E-state index contributed by atoms with van der Waals surface area (Å²) in [7, 11) is 1.84. The van der Waals surface area contributed by atoms with Gasteiger partial charge in [-0.2, -0.15) is 0 Å². The van der Waals surface area contributed by atoms with Crippen LogP contribution in [0.15, 0.2) is 45.3 Å². The quantitative estimate of drug-likeness (QED) is 0.585. The molecule has 0 saturated carbocycles. The van der Waals surface area contributed by atoms with Gasteiger partial charge in [0.2, 0.25) is 0 Å². The number of aromatic nitrogens is 2. The first kappa shape index (κ1) is 14.8. The van der Waals surface area contributed by atoms with Crippen LogP contribution in [0.5, 0.6) is 0 Å². The van der Waals surface area contributed by atoms with E-state index in [1.165, 1.54) is 0 Å². The van der Waals surface area contributed by atoms with E-state index in [1.807, 2.05) is 43.4 Å². The van der Waals surface area contributed by atoms with Gasteiger partial charge in [-0.25, -0.2) is 9.97 Å². The third kappa shape index (κ3) is 2.78. The monoisotopic (exact) mass is 425 g/mol. The topological polar surface area (TPSA) is 37.8 Å². The second-order valence-corrected chi connectivity index (χ2v) is 6.59. The van der Waals surface area contributed by atoms with Gasteiger partial charge < -0.3 is 5.32 Å². The normalized spacial score (nSPS) is 10.9. The Morgan fingerprint density at radius 3 is 2.57 bits per heavy atom. The zero-order valence-corrected chi connectivity index (χ0v) is 14.9. The molecule has 0 spiro atoms. The third-order valence-electron chi connectivity index (χ3n) is 3.07. The van der Waals surface area contributed by atoms with Crippen molar-refractivity contribution in [1.29, 1.82) is 0 Å². The number of halogens is 3. The summed E-state index contributed by atoms with van der Waals surface area (Å²) in [5, 5.41) is 4.69. The van der Waals surface area contributed by atoms with Gasteiger partial charge >= 0.3 is 0 Å². The summed E-state index contributed by atoms with van der Waals surface area (Å²) in [5.74, 6) is 1.36. The summed E-state index contributed by atoms with van der Waals surface area (Å²) in [6.45, 7) is 0. The first-order valence-corrected chi connectivity index (χ1v) is 8.16. The lowest BCUT2D eigenvalue weighted by Gasteiger charge is -2.10. The number of rotatable bonds is 2. The van der Waals surface area contributed by atoms with Crippen LogP contribution in [0.1, 0.15) is 0 Å². The Morgan fingerprint density at radius 2 is 1.86 bits per heavy atom. The molecule has 6 heteroatoms. The van der Waals surface area contributed by atoms with Crippen molar-refractivity contribution in [1.82, 2.24) is 9.97 Å². The van der Waals surface area contributed by atoms with Crippen molar-refractivity contribution in [3.63, 3.8) is 0 Å². The highest BCUT2D eigenvalue weighted by atomic mass is 79.9. The summed E-state index contributed by atoms with van der Waals surface area (Å²) in [6, 6.07) is 11.5. The summed E-state index contributed by atoms with van der Waals surface area (Å²) in [6.07, 6.45) is 0. The van der Waals surface area contributed by atoms with Gasteiger partial charge in [0, 0.05) is 26.9 Å².